The highest BCUT2D eigenvalue weighted by molar-refractivity contribution is 5.31. The number of piperidine rings is 1. The van der Waals surface area contributed by atoms with Gasteiger partial charge in [-0.05, 0) is 80.7 Å². The Balaban J connectivity index is 1.66. The predicted molar refractivity (Wildman–Crippen MR) is 92.0 cm³/mol. The van der Waals surface area contributed by atoms with E-state index in [1.54, 1.807) is 12.1 Å². The molecule has 1 aromatic carbocycles. The second-order valence-corrected chi connectivity index (χ2v) is 6.43. The van der Waals surface area contributed by atoms with E-state index in [2.05, 4.69) is 22.0 Å². The molecule has 1 unspecified atom stereocenters. The summed E-state index contributed by atoms with van der Waals surface area (Å²) >= 11 is 0. The fourth-order valence-electron chi connectivity index (χ4n) is 3.52. The van der Waals surface area contributed by atoms with E-state index < -0.39 is 0 Å². The Morgan fingerprint density at radius 2 is 1.57 bits per heavy atom. The van der Waals surface area contributed by atoms with E-state index in [0.717, 1.165) is 6.42 Å². The van der Waals surface area contributed by atoms with Crippen molar-refractivity contribution >= 4 is 0 Å². The Kier molecular flexibility index (Phi) is 5.76. The fraction of sp³-hybridized carbons (Fsp3) is 0.450. The van der Waals surface area contributed by atoms with Crippen LogP contribution in [0.25, 0.3) is 0 Å². The molecule has 0 radical (unpaired) electrons. The molecule has 0 saturated carbocycles. The lowest BCUT2D eigenvalue weighted by atomic mass is 9.88. The van der Waals surface area contributed by atoms with Crippen LogP contribution in [-0.2, 0) is 0 Å². The molecule has 2 heterocycles. The minimum Gasteiger partial charge on any atom is -0.303 e. The van der Waals surface area contributed by atoms with Gasteiger partial charge in [0.05, 0.1) is 0 Å². The van der Waals surface area contributed by atoms with Crippen molar-refractivity contribution in [1.82, 2.24) is 9.88 Å². The minimum absolute atomic E-state index is 0.171. The first kappa shape index (κ1) is 16.1. The zero-order valence-corrected chi connectivity index (χ0v) is 13.6. The number of pyridine rings is 1. The highest BCUT2D eigenvalue weighted by Crippen LogP contribution is 2.29. The van der Waals surface area contributed by atoms with E-state index in [9.17, 15) is 4.39 Å². The first-order valence-corrected chi connectivity index (χ1v) is 8.71. The molecule has 3 heteroatoms. The van der Waals surface area contributed by atoms with Crippen LogP contribution in [0.3, 0.4) is 0 Å². The quantitative estimate of drug-likeness (QED) is 0.774. The first-order valence-electron chi connectivity index (χ1n) is 8.71. The van der Waals surface area contributed by atoms with Crippen LogP contribution in [0.15, 0.2) is 48.8 Å². The average Bonchev–Trinajstić information content (AvgIpc) is 2.61. The van der Waals surface area contributed by atoms with Gasteiger partial charge >= 0.3 is 0 Å². The zero-order chi connectivity index (χ0) is 15.9. The monoisotopic (exact) mass is 312 g/mol. The number of halogens is 1. The lowest BCUT2D eigenvalue weighted by Crippen LogP contribution is -2.30. The van der Waals surface area contributed by atoms with E-state index in [-0.39, 0.29) is 5.82 Å². The summed E-state index contributed by atoms with van der Waals surface area (Å²) in [4.78, 5) is 6.70. The van der Waals surface area contributed by atoms with E-state index in [1.165, 1.54) is 56.4 Å². The highest BCUT2D eigenvalue weighted by atomic mass is 19.1. The maximum Gasteiger partial charge on any atom is 0.123 e. The minimum atomic E-state index is -0.171. The molecule has 2 nitrogen and oxygen atoms in total. The Morgan fingerprint density at radius 3 is 2.26 bits per heavy atom. The summed E-state index contributed by atoms with van der Waals surface area (Å²) in [5, 5.41) is 0. The summed E-state index contributed by atoms with van der Waals surface area (Å²) in [7, 11) is 0. The van der Waals surface area contributed by atoms with Crippen LogP contribution in [0.2, 0.25) is 0 Å². The third kappa shape index (κ3) is 4.61. The molecule has 1 aromatic heterocycles. The Morgan fingerprint density at radius 1 is 0.913 bits per heavy atom. The van der Waals surface area contributed by atoms with Crippen LogP contribution < -0.4 is 0 Å². The lowest BCUT2D eigenvalue weighted by molar-refractivity contribution is 0.224. The molecule has 0 aliphatic carbocycles. The molecule has 1 atom stereocenters. The molecular formula is C20H25FN2. The number of nitrogens with zero attached hydrogens (tertiary/aromatic N) is 2. The van der Waals surface area contributed by atoms with Gasteiger partial charge in [-0.25, -0.2) is 4.39 Å². The van der Waals surface area contributed by atoms with Gasteiger partial charge in [0, 0.05) is 18.3 Å². The maximum atomic E-state index is 13.2. The number of hydrogen-bond acceptors (Lipinski definition) is 2. The van der Waals surface area contributed by atoms with Crippen LogP contribution >= 0.6 is 0 Å². The van der Waals surface area contributed by atoms with E-state index in [1.807, 2.05) is 24.5 Å². The molecule has 23 heavy (non-hydrogen) atoms. The highest BCUT2D eigenvalue weighted by Gasteiger charge is 2.16. The van der Waals surface area contributed by atoms with E-state index >= 15 is 0 Å². The Bertz CT molecular complexity index is 576. The van der Waals surface area contributed by atoms with Gasteiger partial charge in [-0.1, -0.05) is 18.6 Å². The molecule has 2 aromatic rings. The van der Waals surface area contributed by atoms with Crippen molar-refractivity contribution in [3.05, 3.63) is 65.7 Å². The summed E-state index contributed by atoms with van der Waals surface area (Å²) in [6.07, 6.45) is 10.0. The summed E-state index contributed by atoms with van der Waals surface area (Å²) in [6, 6.07) is 11.1. The molecule has 0 amide bonds. The molecule has 1 saturated heterocycles. The molecule has 0 bridgehead atoms. The number of rotatable bonds is 6. The van der Waals surface area contributed by atoms with Gasteiger partial charge in [0.1, 0.15) is 5.82 Å². The Labute approximate surface area is 138 Å². The number of benzene rings is 1. The zero-order valence-electron chi connectivity index (χ0n) is 13.6. The predicted octanol–water partition coefficient (Wildman–Crippen LogP) is 4.62. The molecule has 1 aliphatic heterocycles. The number of aromatic nitrogens is 1. The summed E-state index contributed by atoms with van der Waals surface area (Å²) in [5.41, 5.74) is 2.46. The Hall–Kier alpha value is -1.74. The third-order valence-corrected chi connectivity index (χ3v) is 4.80. The van der Waals surface area contributed by atoms with E-state index in [0.29, 0.717) is 5.92 Å². The molecule has 1 fully saturated rings. The largest absolute Gasteiger partial charge is 0.303 e. The second-order valence-electron chi connectivity index (χ2n) is 6.43. The van der Waals surface area contributed by atoms with E-state index in [4.69, 9.17) is 0 Å². The maximum absolute atomic E-state index is 13.2. The van der Waals surface area contributed by atoms with Crippen LogP contribution in [0.1, 0.15) is 49.1 Å². The van der Waals surface area contributed by atoms with Gasteiger partial charge in [-0.3, -0.25) is 4.98 Å². The summed E-state index contributed by atoms with van der Waals surface area (Å²) in [6.45, 7) is 3.66. The standard InChI is InChI=1S/C20H25FN2/c21-19-8-6-17(7-9-19)20(18-10-12-22-13-11-18)5-4-16-23-14-2-1-3-15-23/h6-13,20H,1-5,14-16H2. The van der Waals surface area contributed by atoms with Crippen LogP contribution in [-0.4, -0.2) is 29.5 Å². The van der Waals surface area contributed by atoms with Crippen molar-refractivity contribution in [3.63, 3.8) is 0 Å². The average molecular weight is 312 g/mol. The van der Waals surface area contributed by atoms with Crippen molar-refractivity contribution in [2.75, 3.05) is 19.6 Å². The molecule has 122 valence electrons. The van der Waals surface area contributed by atoms with Crippen LogP contribution in [0.5, 0.6) is 0 Å². The summed E-state index contributed by atoms with van der Waals surface area (Å²) < 4.78 is 13.2. The molecule has 0 N–H and O–H groups in total. The topological polar surface area (TPSA) is 16.1 Å². The lowest BCUT2D eigenvalue weighted by Gasteiger charge is -2.27. The fourth-order valence-corrected chi connectivity index (χ4v) is 3.52. The van der Waals surface area contributed by atoms with Crippen molar-refractivity contribution in [3.8, 4) is 0 Å². The molecule has 1 aliphatic rings. The van der Waals surface area contributed by atoms with Gasteiger partial charge < -0.3 is 4.90 Å². The molecule has 0 spiro atoms. The smallest absolute Gasteiger partial charge is 0.123 e. The van der Waals surface area contributed by atoms with Crippen molar-refractivity contribution in [2.45, 2.75) is 38.0 Å². The summed E-state index contributed by atoms with van der Waals surface area (Å²) in [5.74, 6) is 0.152. The van der Waals surface area contributed by atoms with Gasteiger partial charge in [0.2, 0.25) is 0 Å². The SMILES string of the molecule is Fc1ccc(C(CCCN2CCCCC2)c2ccncc2)cc1. The van der Waals surface area contributed by atoms with Crippen molar-refractivity contribution < 1.29 is 4.39 Å². The third-order valence-electron chi connectivity index (χ3n) is 4.80. The van der Waals surface area contributed by atoms with Gasteiger partial charge in [0.25, 0.3) is 0 Å². The number of likely N-dealkylation sites (tertiary alicyclic amines) is 1. The van der Waals surface area contributed by atoms with Crippen LogP contribution in [0, 0.1) is 5.82 Å². The number of hydrogen-bond donors (Lipinski definition) is 0. The van der Waals surface area contributed by atoms with Gasteiger partial charge in [-0.15, -0.1) is 0 Å². The van der Waals surface area contributed by atoms with Crippen molar-refractivity contribution in [1.29, 1.82) is 0 Å². The molecule has 3 rings (SSSR count). The first-order chi connectivity index (χ1) is 11.3. The second kappa shape index (κ2) is 8.21. The van der Waals surface area contributed by atoms with Crippen LogP contribution in [0.4, 0.5) is 4.39 Å². The van der Waals surface area contributed by atoms with Gasteiger partial charge in [0.15, 0.2) is 0 Å². The van der Waals surface area contributed by atoms with Crippen molar-refractivity contribution in [2.24, 2.45) is 0 Å². The molecular weight excluding hydrogens is 287 g/mol. The van der Waals surface area contributed by atoms with Gasteiger partial charge in [-0.2, -0.15) is 0 Å². The normalized spacial score (nSPS) is 17.1.